The number of nitrogens with zero attached hydrogens (tertiary/aromatic N) is 1. The van der Waals surface area contributed by atoms with Crippen molar-refractivity contribution in [1.82, 2.24) is 9.62 Å². The van der Waals surface area contributed by atoms with E-state index in [1.807, 2.05) is 51.1 Å². The molecule has 0 aromatic heterocycles. The summed E-state index contributed by atoms with van der Waals surface area (Å²) in [5.41, 5.74) is 1.83. The van der Waals surface area contributed by atoms with Gasteiger partial charge >= 0.3 is 0 Å². The fourth-order valence-corrected chi connectivity index (χ4v) is 4.36. The molecule has 8 heteroatoms. The van der Waals surface area contributed by atoms with Crippen LogP contribution in [-0.4, -0.2) is 37.1 Å². The second kappa shape index (κ2) is 10.2. The number of sulfonamides is 1. The lowest BCUT2D eigenvalue weighted by molar-refractivity contribution is 0.0918. The largest absolute Gasteiger partial charge is 0.347 e. The van der Waals surface area contributed by atoms with Crippen molar-refractivity contribution in [3.05, 3.63) is 95.6 Å². The summed E-state index contributed by atoms with van der Waals surface area (Å²) in [6.07, 6.45) is 0. The molecule has 0 aliphatic rings. The summed E-state index contributed by atoms with van der Waals surface area (Å²) in [5, 5.41) is 5.62. The van der Waals surface area contributed by atoms with Crippen LogP contribution in [0.4, 0.5) is 5.69 Å². The highest BCUT2D eigenvalue weighted by molar-refractivity contribution is 7.89. The predicted octanol–water partition coefficient (Wildman–Crippen LogP) is 4.29. The number of anilines is 1. The van der Waals surface area contributed by atoms with Gasteiger partial charge in [0.25, 0.3) is 11.8 Å². The number of rotatable bonds is 7. The lowest BCUT2D eigenvalue weighted by atomic mass is 10.1. The number of benzene rings is 3. The molecule has 7 nitrogen and oxygen atoms in total. The smallest absolute Gasteiger partial charge is 0.255 e. The third kappa shape index (κ3) is 6.52. The average molecular weight is 480 g/mol. The molecule has 178 valence electrons. The molecule has 3 aromatic rings. The second-order valence-corrected chi connectivity index (χ2v) is 11.1. The van der Waals surface area contributed by atoms with Crippen molar-refractivity contribution in [3.8, 4) is 0 Å². The van der Waals surface area contributed by atoms with Gasteiger partial charge in [0.05, 0.1) is 4.90 Å². The van der Waals surface area contributed by atoms with Gasteiger partial charge < -0.3 is 10.6 Å². The minimum absolute atomic E-state index is 0.137. The minimum Gasteiger partial charge on any atom is -0.347 e. The van der Waals surface area contributed by atoms with Crippen LogP contribution in [-0.2, 0) is 16.6 Å². The molecule has 0 heterocycles. The molecule has 0 aliphatic carbocycles. The standard InChI is InChI=1S/C26H29N3O4S/c1-26(2,3)28-25(31)21-12-10-20(11-13-21)24(30)27-22-14-16-23(17-15-22)34(32,33)29(4)18-19-8-6-5-7-9-19/h5-17H,18H2,1-4H3,(H,27,30)(H,28,31). The lowest BCUT2D eigenvalue weighted by Gasteiger charge is -2.20. The van der Waals surface area contributed by atoms with Crippen LogP contribution < -0.4 is 10.6 Å². The van der Waals surface area contributed by atoms with Gasteiger partial charge in [-0.25, -0.2) is 8.42 Å². The van der Waals surface area contributed by atoms with E-state index in [-0.39, 0.29) is 28.8 Å². The van der Waals surface area contributed by atoms with Gasteiger partial charge in [-0.05, 0) is 74.9 Å². The van der Waals surface area contributed by atoms with Crippen LogP contribution in [0.2, 0.25) is 0 Å². The van der Waals surface area contributed by atoms with Gasteiger partial charge in [-0.15, -0.1) is 0 Å². The van der Waals surface area contributed by atoms with Crippen LogP contribution in [0.5, 0.6) is 0 Å². The highest BCUT2D eigenvalue weighted by Crippen LogP contribution is 2.20. The number of hydrogen-bond acceptors (Lipinski definition) is 4. The first kappa shape index (κ1) is 25.1. The molecule has 0 radical (unpaired) electrons. The van der Waals surface area contributed by atoms with Crippen LogP contribution in [0.25, 0.3) is 0 Å². The molecule has 0 aliphatic heterocycles. The summed E-state index contributed by atoms with van der Waals surface area (Å²) in [6.45, 7) is 5.94. The summed E-state index contributed by atoms with van der Waals surface area (Å²) in [6, 6.07) is 21.7. The van der Waals surface area contributed by atoms with Crippen molar-refractivity contribution in [2.75, 3.05) is 12.4 Å². The summed E-state index contributed by atoms with van der Waals surface area (Å²) in [4.78, 5) is 24.9. The zero-order valence-corrected chi connectivity index (χ0v) is 20.5. The maximum absolute atomic E-state index is 12.9. The molecule has 0 saturated heterocycles. The fraction of sp³-hybridized carbons (Fsp3) is 0.231. The Bertz CT molecular complexity index is 1250. The summed E-state index contributed by atoms with van der Waals surface area (Å²) >= 11 is 0. The van der Waals surface area contributed by atoms with Crippen LogP contribution in [0.15, 0.2) is 83.8 Å². The third-order valence-corrected chi connectivity index (χ3v) is 6.78. The van der Waals surface area contributed by atoms with Crippen molar-refractivity contribution < 1.29 is 18.0 Å². The fourth-order valence-electron chi connectivity index (χ4n) is 3.20. The zero-order valence-electron chi connectivity index (χ0n) is 19.7. The van der Waals surface area contributed by atoms with E-state index in [4.69, 9.17) is 0 Å². The molecule has 0 atom stereocenters. The van der Waals surface area contributed by atoms with Gasteiger partial charge in [-0.1, -0.05) is 30.3 Å². The van der Waals surface area contributed by atoms with Crippen molar-refractivity contribution >= 4 is 27.5 Å². The van der Waals surface area contributed by atoms with E-state index in [2.05, 4.69) is 10.6 Å². The first-order valence-electron chi connectivity index (χ1n) is 10.8. The molecular formula is C26H29N3O4S. The molecule has 0 saturated carbocycles. The molecule has 34 heavy (non-hydrogen) atoms. The van der Waals surface area contributed by atoms with Gasteiger partial charge in [-0.2, -0.15) is 4.31 Å². The maximum atomic E-state index is 12.9. The Balaban J connectivity index is 1.65. The number of amides is 2. The van der Waals surface area contributed by atoms with Gasteiger partial charge in [0, 0.05) is 35.9 Å². The highest BCUT2D eigenvalue weighted by atomic mass is 32.2. The number of carbonyl (C=O) groups excluding carboxylic acids is 2. The first-order valence-corrected chi connectivity index (χ1v) is 12.2. The van der Waals surface area contributed by atoms with E-state index in [0.717, 1.165) is 5.56 Å². The van der Waals surface area contributed by atoms with Gasteiger partial charge in [-0.3, -0.25) is 9.59 Å². The summed E-state index contributed by atoms with van der Waals surface area (Å²) in [7, 11) is -2.15. The van der Waals surface area contributed by atoms with Crippen LogP contribution >= 0.6 is 0 Å². The Morgan fingerprint density at radius 3 is 1.85 bits per heavy atom. The molecule has 0 unspecified atom stereocenters. The Hall–Kier alpha value is -3.49. The number of hydrogen-bond donors (Lipinski definition) is 2. The summed E-state index contributed by atoms with van der Waals surface area (Å²) < 4.78 is 27.0. The van der Waals surface area contributed by atoms with Gasteiger partial charge in [0.1, 0.15) is 0 Å². The normalized spacial score (nSPS) is 11.8. The SMILES string of the molecule is CN(Cc1ccccc1)S(=O)(=O)c1ccc(NC(=O)c2ccc(C(=O)NC(C)(C)C)cc2)cc1. The maximum Gasteiger partial charge on any atom is 0.255 e. The van der Waals surface area contributed by atoms with Gasteiger partial charge in [0.2, 0.25) is 10.0 Å². The average Bonchev–Trinajstić information content (AvgIpc) is 2.79. The van der Waals surface area contributed by atoms with Crippen molar-refractivity contribution in [2.45, 2.75) is 37.8 Å². The van der Waals surface area contributed by atoms with Crippen LogP contribution in [0.3, 0.4) is 0 Å². The molecule has 0 fully saturated rings. The van der Waals surface area contributed by atoms with Crippen molar-refractivity contribution in [1.29, 1.82) is 0 Å². The highest BCUT2D eigenvalue weighted by Gasteiger charge is 2.21. The second-order valence-electron chi connectivity index (χ2n) is 9.01. The predicted molar refractivity (Wildman–Crippen MR) is 133 cm³/mol. The Labute approximate surface area is 200 Å². The van der Waals surface area contributed by atoms with Crippen LogP contribution in [0, 0.1) is 0 Å². The van der Waals surface area contributed by atoms with E-state index in [1.165, 1.54) is 23.5 Å². The Kier molecular flexibility index (Phi) is 7.54. The molecule has 3 rings (SSSR count). The molecule has 0 spiro atoms. The molecule has 2 N–H and O–H groups in total. The van der Waals surface area contributed by atoms with E-state index < -0.39 is 10.0 Å². The zero-order chi connectivity index (χ0) is 24.9. The molecule has 0 bridgehead atoms. The Morgan fingerprint density at radius 1 is 0.794 bits per heavy atom. The topological polar surface area (TPSA) is 95.6 Å². The lowest BCUT2D eigenvalue weighted by Crippen LogP contribution is -2.40. The molecule has 2 amide bonds. The van der Waals surface area contributed by atoms with E-state index in [0.29, 0.717) is 16.8 Å². The van der Waals surface area contributed by atoms with Crippen molar-refractivity contribution in [2.24, 2.45) is 0 Å². The minimum atomic E-state index is -3.68. The van der Waals surface area contributed by atoms with Crippen LogP contribution in [0.1, 0.15) is 47.1 Å². The molecular weight excluding hydrogens is 450 g/mol. The van der Waals surface area contributed by atoms with E-state index >= 15 is 0 Å². The monoisotopic (exact) mass is 479 g/mol. The molecule has 3 aromatic carbocycles. The third-order valence-electron chi connectivity index (χ3n) is 4.97. The van der Waals surface area contributed by atoms with E-state index in [1.54, 1.807) is 36.4 Å². The summed E-state index contributed by atoms with van der Waals surface area (Å²) in [5.74, 6) is -0.576. The quantitative estimate of drug-likeness (QED) is 0.529. The number of carbonyl (C=O) groups is 2. The van der Waals surface area contributed by atoms with E-state index in [9.17, 15) is 18.0 Å². The number of nitrogens with one attached hydrogen (secondary N) is 2. The van der Waals surface area contributed by atoms with Gasteiger partial charge in [0.15, 0.2) is 0 Å². The Morgan fingerprint density at radius 2 is 1.32 bits per heavy atom. The first-order chi connectivity index (χ1) is 16.0. The van der Waals surface area contributed by atoms with Crippen molar-refractivity contribution in [3.63, 3.8) is 0 Å².